The number of ether oxygens (including phenoxy) is 1. The van der Waals surface area contributed by atoms with Crippen LogP contribution >= 0.6 is 11.6 Å². The molecule has 3 aromatic rings. The van der Waals surface area contributed by atoms with Crippen molar-refractivity contribution in [1.29, 1.82) is 0 Å². The van der Waals surface area contributed by atoms with Gasteiger partial charge in [0.05, 0.1) is 6.10 Å². The van der Waals surface area contributed by atoms with E-state index >= 15 is 0 Å². The molecule has 0 fully saturated rings. The molecule has 0 aliphatic heterocycles. The van der Waals surface area contributed by atoms with Crippen molar-refractivity contribution in [2.75, 3.05) is 0 Å². The van der Waals surface area contributed by atoms with Crippen molar-refractivity contribution in [1.82, 2.24) is 19.9 Å². The van der Waals surface area contributed by atoms with Gasteiger partial charge in [-0.3, -0.25) is 4.98 Å². The highest BCUT2D eigenvalue weighted by molar-refractivity contribution is 6.28. The summed E-state index contributed by atoms with van der Waals surface area (Å²) in [6, 6.07) is 8.11. The Labute approximate surface area is 127 Å². The summed E-state index contributed by atoms with van der Waals surface area (Å²) in [5, 5.41) is 2.12. The molecule has 5 nitrogen and oxygen atoms in total. The fraction of sp³-hybridized carbons (Fsp3) is 0.200. The minimum absolute atomic E-state index is 0.0399. The standard InChI is InChI=1S/C15H13ClN4O/c1-9(2)21-15-19-13(18-14(16)20-15)12-8-17-7-10-5-3-4-6-11(10)12/h3-9H,1-2H3. The molecular weight excluding hydrogens is 288 g/mol. The molecule has 0 radical (unpaired) electrons. The number of fused-ring (bicyclic) bond motifs is 1. The number of hydrogen-bond acceptors (Lipinski definition) is 5. The minimum atomic E-state index is -0.0399. The number of nitrogens with zero attached hydrogens (tertiary/aromatic N) is 4. The van der Waals surface area contributed by atoms with Crippen LogP contribution < -0.4 is 4.74 Å². The molecular formula is C15H13ClN4O. The van der Waals surface area contributed by atoms with Crippen molar-refractivity contribution in [3.8, 4) is 17.4 Å². The van der Waals surface area contributed by atoms with E-state index in [4.69, 9.17) is 16.3 Å². The second kappa shape index (κ2) is 5.61. The average Bonchev–Trinajstić information content (AvgIpc) is 2.45. The molecule has 0 spiro atoms. The summed E-state index contributed by atoms with van der Waals surface area (Å²) in [4.78, 5) is 16.7. The Bertz CT molecular complexity index is 786. The van der Waals surface area contributed by atoms with Crippen LogP contribution in [0, 0.1) is 0 Å². The smallest absolute Gasteiger partial charge is 0.321 e. The number of halogens is 1. The van der Waals surface area contributed by atoms with Gasteiger partial charge in [0.1, 0.15) is 0 Å². The summed E-state index contributed by atoms with van der Waals surface area (Å²) >= 11 is 5.97. The van der Waals surface area contributed by atoms with E-state index in [2.05, 4.69) is 19.9 Å². The Kier molecular flexibility index (Phi) is 3.66. The van der Waals surface area contributed by atoms with Gasteiger partial charge in [0.2, 0.25) is 5.28 Å². The van der Waals surface area contributed by atoms with E-state index in [1.807, 2.05) is 38.1 Å². The summed E-state index contributed by atoms with van der Waals surface area (Å²) in [5.74, 6) is 0.454. The first-order valence-corrected chi connectivity index (χ1v) is 6.92. The van der Waals surface area contributed by atoms with Crippen LogP contribution in [0.1, 0.15) is 13.8 Å². The maximum atomic E-state index is 5.97. The Morgan fingerprint density at radius 3 is 2.67 bits per heavy atom. The lowest BCUT2D eigenvalue weighted by Crippen LogP contribution is -2.09. The topological polar surface area (TPSA) is 60.8 Å². The molecule has 1 aromatic carbocycles. The second-order valence-corrected chi connectivity index (χ2v) is 5.12. The molecule has 21 heavy (non-hydrogen) atoms. The van der Waals surface area contributed by atoms with E-state index in [0.29, 0.717) is 5.82 Å². The van der Waals surface area contributed by atoms with Crippen molar-refractivity contribution in [2.45, 2.75) is 20.0 Å². The quantitative estimate of drug-likeness (QED) is 0.740. The Morgan fingerprint density at radius 1 is 1.05 bits per heavy atom. The third kappa shape index (κ3) is 2.92. The zero-order valence-corrected chi connectivity index (χ0v) is 12.4. The number of pyridine rings is 1. The highest BCUT2D eigenvalue weighted by atomic mass is 35.5. The van der Waals surface area contributed by atoms with Crippen molar-refractivity contribution in [2.24, 2.45) is 0 Å². The van der Waals surface area contributed by atoms with Gasteiger partial charge >= 0.3 is 6.01 Å². The summed E-state index contributed by atoms with van der Waals surface area (Å²) < 4.78 is 5.50. The largest absolute Gasteiger partial charge is 0.461 e. The molecule has 106 valence electrons. The Balaban J connectivity index is 2.16. The summed E-state index contributed by atoms with van der Waals surface area (Å²) in [6.07, 6.45) is 3.47. The highest BCUT2D eigenvalue weighted by Gasteiger charge is 2.12. The van der Waals surface area contributed by atoms with Crippen LogP contribution in [-0.4, -0.2) is 26.0 Å². The van der Waals surface area contributed by atoms with Gasteiger partial charge in [-0.25, -0.2) is 0 Å². The van der Waals surface area contributed by atoms with Crippen LogP contribution in [0.2, 0.25) is 5.28 Å². The van der Waals surface area contributed by atoms with Gasteiger partial charge in [-0.05, 0) is 30.8 Å². The number of benzene rings is 1. The summed E-state index contributed by atoms with van der Waals surface area (Å²) in [7, 11) is 0. The summed E-state index contributed by atoms with van der Waals surface area (Å²) in [5.41, 5.74) is 0.797. The molecule has 0 unspecified atom stereocenters. The molecule has 0 amide bonds. The van der Waals surface area contributed by atoms with Crippen LogP contribution in [0.3, 0.4) is 0 Å². The predicted molar refractivity (Wildman–Crippen MR) is 81.3 cm³/mol. The first-order valence-electron chi connectivity index (χ1n) is 6.55. The van der Waals surface area contributed by atoms with E-state index in [-0.39, 0.29) is 17.4 Å². The zero-order chi connectivity index (χ0) is 14.8. The number of rotatable bonds is 3. The van der Waals surface area contributed by atoms with E-state index in [0.717, 1.165) is 16.3 Å². The SMILES string of the molecule is CC(C)Oc1nc(Cl)nc(-c2cncc3ccccc23)n1. The Hall–Kier alpha value is -2.27. The minimum Gasteiger partial charge on any atom is -0.461 e. The van der Waals surface area contributed by atoms with Crippen LogP contribution in [0.4, 0.5) is 0 Å². The fourth-order valence-electron chi connectivity index (χ4n) is 2.01. The summed E-state index contributed by atoms with van der Waals surface area (Å²) in [6.45, 7) is 3.80. The van der Waals surface area contributed by atoms with Crippen molar-refractivity contribution >= 4 is 22.4 Å². The number of hydrogen-bond donors (Lipinski definition) is 0. The third-order valence-corrected chi connectivity index (χ3v) is 3.01. The fourth-order valence-corrected chi connectivity index (χ4v) is 2.16. The van der Waals surface area contributed by atoms with Gasteiger partial charge in [0.15, 0.2) is 5.82 Å². The van der Waals surface area contributed by atoms with Crippen LogP contribution in [-0.2, 0) is 0 Å². The molecule has 0 saturated carbocycles. The average molecular weight is 301 g/mol. The van der Waals surface area contributed by atoms with Crippen LogP contribution in [0.5, 0.6) is 6.01 Å². The highest BCUT2D eigenvalue weighted by Crippen LogP contribution is 2.26. The zero-order valence-electron chi connectivity index (χ0n) is 11.6. The molecule has 0 bridgehead atoms. The maximum Gasteiger partial charge on any atom is 0.321 e. The van der Waals surface area contributed by atoms with Gasteiger partial charge in [-0.1, -0.05) is 24.3 Å². The lowest BCUT2D eigenvalue weighted by Gasteiger charge is -2.09. The molecule has 2 heterocycles. The van der Waals surface area contributed by atoms with E-state index in [1.165, 1.54) is 0 Å². The molecule has 0 aliphatic carbocycles. The normalized spacial score (nSPS) is 11.0. The third-order valence-electron chi connectivity index (χ3n) is 2.84. The lowest BCUT2D eigenvalue weighted by molar-refractivity contribution is 0.222. The monoisotopic (exact) mass is 300 g/mol. The molecule has 0 aliphatic rings. The van der Waals surface area contributed by atoms with Gasteiger partial charge in [0.25, 0.3) is 0 Å². The maximum absolute atomic E-state index is 5.97. The molecule has 0 N–H and O–H groups in total. The van der Waals surface area contributed by atoms with Gasteiger partial charge < -0.3 is 4.74 Å². The molecule has 3 rings (SSSR count). The van der Waals surface area contributed by atoms with Gasteiger partial charge in [0, 0.05) is 23.3 Å². The lowest BCUT2D eigenvalue weighted by atomic mass is 10.1. The van der Waals surface area contributed by atoms with E-state index in [9.17, 15) is 0 Å². The second-order valence-electron chi connectivity index (χ2n) is 4.79. The van der Waals surface area contributed by atoms with Crippen LogP contribution in [0.25, 0.3) is 22.2 Å². The van der Waals surface area contributed by atoms with E-state index in [1.54, 1.807) is 12.4 Å². The first-order chi connectivity index (χ1) is 10.1. The molecule has 2 aromatic heterocycles. The molecule has 0 saturated heterocycles. The number of aromatic nitrogens is 4. The van der Waals surface area contributed by atoms with Crippen molar-refractivity contribution in [3.05, 3.63) is 41.9 Å². The first kappa shape index (κ1) is 13.7. The van der Waals surface area contributed by atoms with Crippen molar-refractivity contribution < 1.29 is 4.74 Å². The van der Waals surface area contributed by atoms with Gasteiger partial charge in [-0.15, -0.1) is 0 Å². The molecule has 0 atom stereocenters. The van der Waals surface area contributed by atoms with Crippen LogP contribution in [0.15, 0.2) is 36.7 Å². The Morgan fingerprint density at radius 2 is 1.86 bits per heavy atom. The van der Waals surface area contributed by atoms with Crippen molar-refractivity contribution in [3.63, 3.8) is 0 Å². The predicted octanol–water partition coefficient (Wildman–Crippen LogP) is 3.53. The van der Waals surface area contributed by atoms with E-state index < -0.39 is 0 Å². The molecule has 6 heteroatoms. The van der Waals surface area contributed by atoms with Gasteiger partial charge in [-0.2, -0.15) is 15.0 Å².